The maximum atomic E-state index is 8.85. The molecule has 116 valence electrons. The molecule has 0 aliphatic heterocycles. The fourth-order valence-electron chi connectivity index (χ4n) is 4.42. The molecule has 0 amide bonds. The van der Waals surface area contributed by atoms with E-state index in [2.05, 4.69) is 6.07 Å². The number of hydrogen-bond donors (Lipinski definition) is 0. The maximum absolute atomic E-state index is 8.85. The zero-order valence-electron chi connectivity index (χ0n) is 13.1. The summed E-state index contributed by atoms with van der Waals surface area (Å²) in [5.41, 5.74) is 0. The van der Waals surface area contributed by atoms with Crippen molar-refractivity contribution in [3.63, 3.8) is 0 Å². The van der Waals surface area contributed by atoms with Gasteiger partial charge in [0.25, 0.3) is 6.26 Å². The van der Waals surface area contributed by atoms with E-state index in [0.717, 1.165) is 18.3 Å². The lowest BCUT2D eigenvalue weighted by Crippen LogP contribution is -2.21. The zero-order chi connectivity index (χ0) is 14.9. The highest BCUT2D eigenvalue weighted by Crippen LogP contribution is 2.37. The van der Waals surface area contributed by atoms with Gasteiger partial charge in [0.1, 0.15) is 6.61 Å². The second-order valence-electron chi connectivity index (χ2n) is 7.14. The van der Waals surface area contributed by atoms with Crippen LogP contribution >= 0.6 is 0 Å². The van der Waals surface area contributed by atoms with Gasteiger partial charge in [0.05, 0.1) is 6.07 Å². The van der Waals surface area contributed by atoms with Gasteiger partial charge in [-0.3, -0.25) is 0 Å². The van der Waals surface area contributed by atoms with Crippen molar-refractivity contribution in [3.05, 3.63) is 0 Å². The summed E-state index contributed by atoms with van der Waals surface area (Å²) in [4.78, 5) is 0. The first-order chi connectivity index (χ1) is 10.3. The minimum atomic E-state index is 0.598. The maximum Gasteiger partial charge on any atom is 0.286 e. The molecular weight excluding hydrogens is 260 g/mol. The highest BCUT2D eigenvalue weighted by Gasteiger charge is 2.25. The van der Waals surface area contributed by atoms with Crippen LogP contribution in [0.25, 0.3) is 0 Å². The van der Waals surface area contributed by atoms with Gasteiger partial charge in [0.15, 0.2) is 0 Å². The summed E-state index contributed by atoms with van der Waals surface area (Å²) in [6, 6.07) is 2.35. The Morgan fingerprint density at radius 1 is 0.810 bits per heavy atom. The minimum absolute atomic E-state index is 0.598. The Labute approximate surface area is 129 Å². The van der Waals surface area contributed by atoms with Crippen LogP contribution in [-0.4, -0.2) is 6.61 Å². The topological polar surface area (TPSA) is 56.8 Å². The summed E-state index contributed by atoms with van der Waals surface area (Å²) >= 11 is 0. The van der Waals surface area contributed by atoms with Gasteiger partial charge in [-0.25, -0.2) is 0 Å². The Morgan fingerprint density at radius 3 is 2.00 bits per heavy atom. The minimum Gasteiger partial charge on any atom is -0.427 e. The molecule has 21 heavy (non-hydrogen) atoms. The molecule has 2 saturated carbocycles. The van der Waals surface area contributed by atoms with E-state index >= 15 is 0 Å². The largest absolute Gasteiger partial charge is 0.427 e. The molecule has 0 radical (unpaired) electrons. The summed E-state index contributed by atoms with van der Waals surface area (Å²) in [7, 11) is 0. The number of hydrogen-bond acceptors (Lipinski definition) is 3. The number of rotatable bonds is 6. The smallest absolute Gasteiger partial charge is 0.286 e. The van der Waals surface area contributed by atoms with E-state index in [0.29, 0.717) is 18.4 Å². The van der Waals surface area contributed by atoms with Crippen LogP contribution in [0.5, 0.6) is 0 Å². The Bertz CT molecular complexity index is 382. The van der Waals surface area contributed by atoms with E-state index in [9.17, 15) is 0 Å². The number of nitriles is 2. The summed E-state index contributed by atoms with van der Waals surface area (Å²) < 4.78 is 4.93. The number of nitrogens with zero attached hydrogens (tertiary/aromatic N) is 2. The van der Waals surface area contributed by atoms with Crippen molar-refractivity contribution in [2.45, 2.75) is 70.6 Å². The molecule has 0 aromatic rings. The molecule has 0 bridgehead atoms. The molecular formula is C18H28N2O. The average molecular weight is 288 g/mol. The molecule has 0 N–H and O–H groups in total. The molecule has 4 atom stereocenters. The van der Waals surface area contributed by atoms with Crippen molar-refractivity contribution in [2.24, 2.45) is 23.7 Å². The summed E-state index contributed by atoms with van der Waals surface area (Å²) in [6.07, 6.45) is 15.6. The van der Waals surface area contributed by atoms with Crippen molar-refractivity contribution >= 4 is 0 Å². The lowest BCUT2D eigenvalue weighted by Gasteiger charge is -2.32. The summed E-state index contributed by atoms with van der Waals surface area (Å²) in [6.45, 7) is 0.626. The quantitative estimate of drug-likeness (QED) is 0.660. The highest BCUT2D eigenvalue weighted by atomic mass is 16.5. The Kier molecular flexibility index (Phi) is 6.87. The molecule has 0 heterocycles. The lowest BCUT2D eigenvalue weighted by atomic mass is 9.74. The predicted molar refractivity (Wildman–Crippen MR) is 81.9 cm³/mol. The van der Waals surface area contributed by atoms with Gasteiger partial charge in [0, 0.05) is 6.42 Å². The molecule has 4 unspecified atom stereocenters. The second kappa shape index (κ2) is 8.93. The monoisotopic (exact) mass is 288 g/mol. The van der Waals surface area contributed by atoms with Crippen LogP contribution in [0.15, 0.2) is 0 Å². The Balaban J connectivity index is 1.67. The zero-order valence-corrected chi connectivity index (χ0v) is 13.1. The molecule has 2 fully saturated rings. The fraction of sp³-hybridized carbons (Fsp3) is 0.889. The van der Waals surface area contributed by atoms with E-state index in [-0.39, 0.29) is 0 Å². The van der Waals surface area contributed by atoms with Crippen LogP contribution in [-0.2, 0) is 4.74 Å². The van der Waals surface area contributed by atoms with Crippen molar-refractivity contribution in [2.75, 3.05) is 6.61 Å². The van der Waals surface area contributed by atoms with Crippen LogP contribution in [0.4, 0.5) is 0 Å². The Hall–Kier alpha value is -1.22. The van der Waals surface area contributed by atoms with Crippen LogP contribution in [0.2, 0.25) is 0 Å². The first-order valence-electron chi connectivity index (χ1n) is 8.69. The standard InChI is InChI=1S/C18H28N2O/c19-10-9-17-5-1-3-15(11-17)7-8-16-4-2-6-18(12-16)13-21-14-20/h15-18H,1-9,11-13H2. The summed E-state index contributed by atoms with van der Waals surface area (Å²) in [5, 5.41) is 17.4. The normalized spacial score (nSPS) is 32.9. The van der Waals surface area contributed by atoms with Gasteiger partial charge in [-0.15, -0.1) is 0 Å². The van der Waals surface area contributed by atoms with Gasteiger partial charge < -0.3 is 4.74 Å². The molecule has 3 heteroatoms. The van der Waals surface area contributed by atoms with Gasteiger partial charge in [-0.05, 0) is 49.4 Å². The fourth-order valence-corrected chi connectivity index (χ4v) is 4.42. The molecule has 0 saturated heterocycles. The molecule has 3 nitrogen and oxygen atoms in total. The van der Waals surface area contributed by atoms with Crippen molar-refractivity contribution in [1.29, 1.82) is 10.5 Å². The third-order valence-corrected chi connectivity index (χ3v) is 5.53. The third kappa shape index (κ3) is 5.58. The van der Waals surface area contributed by atoms with E-state index in [1.165, 1.54) is 64.2 Å². The molecule has 0 spiro atoms. The average Bonchev–Trinajstić information content (AvgIpc) is 2.52. The predicted octanol–water partition coefficient (Wildman–Crippen LogP) is 4.79. The van der Waals surface area contributed by atoms with Crippen molar-refractivity contribution in [1.82, 2.24) is 0 Å². The molecule has 2 aliphatic rings. The molecule has 2 rings (SSSR count). The highest BCUT2D eigenvalue weighted by molar-refractivity contribution is 4.82. The van der Waals surface area contributed by atoms with Gasteiger partial charge in [0.2, 0.25) is 0 Å². The van der Waals surface area contributed by atoms with Crippen molar-refractivity contribution in [3.8, 4) is 12.3 Å². The van der Waals surface area contributed by atoms with Gasteiger partial charge in [-0.1, -0.05) is 38.5 Å². The number of ether oxygens (including phenoxy) is 1. The van der Waals surface area contributed by atoms with E-state index in [4.69, 9.17) is 15.3 Å². The van der Waals surface area contributed by atoms with Crippen molar-refractivity contribution < 1.29 is 4.74 Å². The first-order valence-corrected chi connectivity index (χ1v) is 8.69. The van der Waals surface area contributed by atoms with Crippen LogP contribution in [0.1, 0.15) is 70.6 Å². The second-order valence-corrected chi connectivity index (χ2v) is 7.14. The molecule has 0 aromatic carbocycles. The third-order valence-electron chi connectivity index (χ3n) is 5.53. The summed E-state index contributed by atoms with van der Waals surface area (Å²) in [5.74, 6) is 2.95. The van der Waals surface area contributed by atoms with E-state index < -0.39 is 0 Å². The first kappa shape index (κ1) is 16.2. The van der Waals surface area contributed by atoms with Crippen LogP contribution in [0, 0.1) is 46.5 Å². The molecule has 2 aliphatic carbocycles. The van der Waals surface area contributed by atoms with Crippen LogP contribution in [0.3, 0.4) is 0 Å². The lowest BCUT2D eigenvalue weighted by molar-refractivity contribution is 0.143. The van der Waals surface area contributed by atoms with Crippen LogP contribution < -0.4 is 0 Å². The molecule has 0 aromatic heterocycles. The Morgan fingerprint density at radius 2 is 1.38 bits per heavy atom. The van der Waals surface area contributed by atoms with Gasteiger partial charge in [-0.2, -0.15) is 10.5 Å². The van der Waals surface area contributed by atoms with E-state index in [1.54, 1.807) is 6.26 Å². The van der Waals surface area contributed by atoms with E-state index in [1.807, 2.05) is 0 Å². The van der Waals surface area contributed by atoms with Gasteiger partial charge >= 0.3 is 0 Å². The SMILES string of the molecule is N#CCC1CCCC(CCC2CCCC(COC#N)C2)C1.